The maximum absolute atomic E-state index is 13.6. The second-order valence-corrected chi connectivity index (χ2v) is 10.2. The minimum atomic E-state index is -0.406. The number of anilines is 2. The van der Waals surface area contributed by atoms with Crippen LogP contribution < -0.4 is 20.1 Å². The zero-order valence-electron chi connectivity index (χ0n) is 24.4. The van der Waals surface area contributed by atoms with E-state index in [1.165, 1.54) is 4.90 Å². The molecule has 41 heavy (non-hydrogen) atoms. The van der Waals surface area contributed by atoms with E-state index >= 15 is 0 Å². The second-order valence-electron chi connectivity index (χ2n) is 10.2. The summed E-state index contributed by atoms with van der Waals surface area (Å²) in [6.07, 6.45) is 0. The first-order valence-corrected chi connectivity index (χ1v) is 13.5. The molecule has 0 atom stereocenters. The average Bonchev–Trinajstić information content (AvgIpc) is 3.27. The molecule has 0 saturated heterocycles. The number of methoxy groups -OCH3 is 2. The normalized spacial score (nSPS) is 10.8. The van der Waals surface area contributed by atoms with E-state index in [0.717, 1.165) is 28.1 Å². The summed E-state index contributed by atoms with van der Waals surface area (Å²) in [6, 6.07) is 22.4. The van der Waals surface area contributed by atoms with Gasteiger partial charge in [-0.2, -0.15) is 5.10 Å². The number of ether oxygens (including phenoxy) is 2. The minimum absolute atomic E-state index is 0.132. The molecule has 4 aromatic rings. The lowest BCUT2D eigenvalue weighted by Gasteiger charge is -2.25. The highest BCUT2D eigenvalue weighted by molar-refractivity contribution is 5.99. The van der Waals surface area contributed by atoms with Crippen LogP contribution in [-0.2, 0) is 4.79 Å². The van der Waals surface area contributed by atoms with Crippen LogP contribution in [-0.4, -0.2) is 53.9 Å². The van der Waals surface area contributed by atoms with Crippen molar-refractivity contribution in [2.24, 2.45) is 5.92 Å². The molecule has 3 amide bonds. The molecule has 0 radical (unpaired) electrons. The first kappa shape index (κ1) is 29.2. The molecule has 0 aliphatic rings. The molecular weight excluding hydrogens is 518 g/mol. The summed E-state index contributed by atoms with van der Waals surface area (Å²) in [7, 11) is 3.09. The largest absolute Gasteiger partial charge is 0.497 e. The summed E-state index contributed by atoms with van der Waals surface area (Å²) < 4.78 is 12.4. The van der Waals surface area contributed by atoms with Crippen LogP contribution in [0.15, 0.2) is 72.8 Å². The maximum atomic E-state index is 13.6. The molecule has 4 rings (SSSR count). The van der Waals surface area contributed by atoms with Gasteiger partial charge in [0.05, 0.1) is 25.6 Å². The van der Waals surface area contributed by atoms with Crippen molar-refractivity contribution in [3.05, 3.63) is 84.1 Å². The number of hydrogen-bond acceptors (Lipinski definition) is 5. The van der Waals surface area contributed by atoms with Gasteiger partial charge >= 0.3 is 6.03 Å². The summed E-state index contributed by atoms with van der Waals surface area (Å²) in [5.74, 6) is 1.43. The van der Waals surface area contributed by atoms with Gasteiger partial charge in [0.25, 0.3) is 0 Å². The Morgan fingerprint density at radius 2 is 1.54 bits per heavy atom. The van der Waals surface area contributed by atoms with E-state index < -0.39 is 6.03 Å². The Labute approximate surface area is 241 Å². The van der Waals surface area contributed by atoms with E-state index in [9.17, 15) is 9.59 Å². The van der Waals surface area contributed by atoms with Crippen LogP contribution in [0.3, 0.4) is 0 Å². The van der Waals surface area contributed by atoms with Gasteiger partial charge in [0, 0.05) is 36.0 Å². The Morgan fingerprint density at radius 3 is 2.15 bits per heavy atom. The highest BCUT2D eigenvalue weighted by Gasteiger charge is 2.24. The molecule has 0 aliphatic heterocycles. The Bertz CT molecular complexity index is 1490. The summed E-state index contributed by atoms with van der Waals surface area (Å²) >= 11 is 0. The van der Waals surface area contributed by atoms with Gasteiger partial charge in [0.2, 0.25) is 5.91 Å². The minimum Gasteiger partial charge on any atom is -0.497 e. The molecule has 0 spiro atoms. The molecule has 9 nitrogen and oxygen atoms in total. The van der Waals surface area contributed by atoms with Crippen molar-refractivity contribution in [2.45, 2.75) is 27.7 Å². The maximum Gasteiger partial charge on any atom is 0.322 e. The highest BCUT2D eigenvalue weighted by atomic mass is 16.5. The first-order chi connectivity index (χ1) is 19.7. The standard InChI is InChI=1S/C32H37N5O4/c1-21(2)19-36(32(39)33-25-16-26(40-5)18-27(17-25)41-6)20-29(38)34-31-30(24-13-8-7-9-14-24)23(4)35-37(31)28-15-11-10-12-22(28)3/h7-18,21H,19-20H2,1-6H3,(H,33,39)(H,34,38). The van der Waals surface area contributed by atoms with Crippen molar-refractivity contribution < 1.29 is 19.1 Å². The molecule has 2 N–H and O–H groups in total. The van der Waals surface area contributed by atoms with Crippen molar-refractivity contribution in [1.82, 2.24) is 14.7 Å². The first-order valence-electron chi connectivity index (χ1n) is 13.5. The number of para-hydroxylation sites is 1. The van der Waals surface area contributed by atoms with Gasteiger partial charge in [-0.25, -0.2) is 9.48 Å². The summed E-state index contributed by atoms with van der Waals surface area (Å²) in [5.41, 5.74) is 4.91. The number of urea groups is 1. The number of aryl methyl sites for hydroxylation is 2. The van der Waals surface area contributed by atoms with Crippen LogP contribution in [0.5, 0.6) is 11.5 Å². The number of hydrogen-bond donors (Lipinski definition) is 2. The van der Waals surface area contributed by atoms with Crippen LogP contribution in [0.25, 0.3) is 16.8 Å². The number of carbonyl (C=O) groups is 2. The molecule has 1 heterocycles. The van der Waals surface area contributed by atoms with E-state index in [2.05, 4.69) is 10.6 Å². The average molecular weight is 556 g/mol. The molecule has 0 saturated carbocycles. The Kier molecular flexibility index (Phi) is 9.29. The predicted octanol–water partition coefficient (Wildman–Crippen LogP) is 6.30. The van der Waals surface area contributed by atoms with Crippen molar-refractivity contribution in [3.8, 4) is 28.3 Å². The third-order valence-corrected chi connectivity index (χ3v) is 6.53. The smallest absolute Gasteiger partial charge is 0.322 e. The number of carbonyl (C=O) groups excluding carboxylic acids is 2. The number of nitrogens with zero attached hydrogens (tertiary/aromatic N) is 3. The fourth-order valence-electron chi connectivity index (χ4n) is 4.66. The zero-order valence-corrected chi connectivity index (χ0v) is 24.4. The van der Waals surface area contributed by atoms with Crippen LogP contribution >= 0.6 is 0 Å². The zero-order chi connectivity index (χ0) is 29.5. The van der Waals surface area contributed by atoms with Crippen molar-refractivity contribution in [3.63, 3.8) is 0 Å². The number of benzene rings is 3. The highest BCUT2D eigenvalue weighted by Crippen LogP contribution is 2.34. The number of nitrogens with one attached hydrogen (secondary N) is 2. The van der Waals surface area contributed by atoms with Gasteiger partial charge in [-0.15, -0.1) is 0 Å². The molecule has 0 aliphatic carbocycles. The van der Waals surface area contributed by atoms with Gasteiger partial charge in [0.1, 0.15) is 23.9 Å². The summed E-state index contributed by atoms with van der Waals surface area (Å²) in [5, 5.41) is 10.8. The van der Waals surface area contributed by atoms with Gasteiger partial charge in [0.15, 0.2) is 0 Å². The molecule has 9 heteroatoms. The third-order valence-electron chi connectivity index (χ3n) is 6.53. The van der Waals surface area contributed by atoms with E-state index in [4.69, 9.17) is 14.6 Å². The van der Waals surface area contributed by atoms with E-state index in [1.807, 2.05) is 82.3 Å². The Morgan fingerprint density at radius 1 is 0.902 bits per heavy atom. The van der Waals surface area contributed by atoms with Crippen LogP contribution in [0.4, 0.5) is 16.3 Å². The summed E-state index contributed by atoms with van der Waals surface area (Å²) in [6.45, 7) is 8.14. The number of rotatable bonds is 10. The van der Waals surface area contributed by atoms with Crippen LogP contribution in [0.1, 0.15) is 25.1 Å². The van der Waals surface area contributed by atoms with Crippen molar-refractivity contribution >= 4 is 23.4 Å². The fourth-order valence-corrected chi connectivity index (χ4v) is 4.66. The summed E-state index contributed by atoms with van der Waals surface area (Å²) in [4.78, 5) is 28.5. The van der Waals surface area contributed by atoms with Crippen LogP contribution in [0.2, 0.25) is 0 Å². The lowest BCUT2D eigenvalue weighted by atomic mass is 10.1. The molecule has 0 bridgehead atoms. The van der Waals surface area contributed by atoms with Gasteiger partial charge in [-0.05, 0) is 37.0 Å². The SMILES string of the molecule is COc1cc(NC(=O)N(CC(=O)Nc2c(-c3ccccc3)c(C)nn2-c2ccccc2C)CC(C)C)cc(OC)c1. The number of amides is 3. The van der Waals surface area contributed by atoms with Crippen molar-refractivity contribution in [2.75, 3.05) is 37.9 Å². The topological polar surface area (TPSA) is 97.7 Å². The molecule has 1 aromatic heterocycles. The monoisotopic (exact) mass is 555 g/mol. The third kappa shape index (κ3) is 7.05. The Balaban J connectivity index is 1.64. The van der Waals surface area contributed by atoms with Crippen molar-refractivity contribution in [1.29, 1.82) is 0 Å². The molecule has 214 valence electrons. The van der Waals surface area contributed by atoms with E-state index in [0.29, 0.717) is 29.5 Å². The van der Waals surface area contributed by atoms with Gasteiger partial charge in [-0.3, -0.25) is 4.79 Å². The van der Waals surface area contributed by atoms with Crippen LogP contribution in [0, 0.1) is 19.8 Å². The van der Waals surface area contributed by atoms with E-state index in [-0.39, 0.29) is 18.4 Å². The van der Waals surface area contributed by atoms with E-state index in [1.54, 1.807) is 37.1 Å². The molecular formula is C32H37N5O4. The molecule has 3 aromatic carbocycles. The second kappa shape index (κ2) is 13.0. The quantitative estimate of drug-likeness (QED) is 0.239. The number of aromatic nitrogens is 2. The van der Waals surface area contributed by atoms with Gasteiger partial charge in [-0.1, -0.05) is 62.4 Å². The molecule has 0 unspecified atom stereocenters. The molecule has 0 fully saturated rings. The lowest BCUT2D eigenvalue weighted by Crippen LogP contribution is -2.42. The van der Waals surface area contributed by atoms with Gasteiger partial charge < -0.3 is 25.0 Å². The Hall–Kier alpha value is -4.79. The predicted molar refractivity (Wildman–Crippen MR) is 162 cm³/mol. The lowest BCUT2D eigenvalue weighted by molar-refractivity contribution is -0.116. The fraction of sp³-hybridized carbons (Fsp3) is 0.281.